The van der Waals surface area contributed by atoms with Crippen molar-refractivity contribution < 1.29 is 31.0 Å². The molecule has 0 aromatic rings. The van der Waals surface area contributed by atoms with E-state index in [1.54, 1.807) is 0 Å². The number of unbranched alkanes of at least 4 members (excludes halogenated alkanes) is 2. The average molecular weight is 333 g/mol. The molecule has 1 aliphatic rings. The van der Waals surface area contributed by atoms with Crippen LogP contribution >= 0.6 is 0 Å². The number of alkyl halides is 3. The van der Waals surface area contributed by atoms with Gasteiger partial charge in [-0.1, -0.05) is 26.7 Å². The zero-order valence-electron chi connectivity index (χ0n) is 12.7. The van der Waals surface area contributed by atoms with Crippen LogP contribution in [0.1, 0.15) is 52.4 Å². The predicted octanol–water partition coefficient (Wildman–Crippen LogP) is 1.93. The number of quaternary nitrogens is 1. The summed E-state index contributed by atoms with van der Waals surface area (Å²) in [5.74, 6) is 1.06. The zero-order valence-corrected chi connectivity index (χ0v) is 13.5. The molecule has 0 radical (unpaired) electrons. The normalized spacial score (nSPS) is 22.8. The highest BCUT2D eigenvalue weighted by molar-refractivity contribution is 7.86. The third kappa shape index (κ3) is 9.31. The summed E-state index contributed by atoms with van der Waals surface area (Å²) < 4.78 is 58.9. The van der Waals surface area contributed by atoms with Crippen molar-refractivity contribution in [1.82, 2.24) is 0 Å². The minimum atomic E-state index is -6.09. The van der Waals surface area contributed by atoms with Crippen LogP contribution in [0.4, 0.5) is 13.2 Å². The molecule has 1 N–H and O–H groups in total. The van der Waals surface area contributed by atoms with Gasteiger partial charge in [-0.3, -0.25) is 0 Å². The van der Waals surface area contributed by atoms with Gasteiger partial charge >= 0.3 is 5.51 Å². The van der Waals surface area contributed by atoms with Crippen LogP contribution in [0.15, 0.2) is 0 Å². The van der Waals surface area contributed by atoms with Gasteiger partial charge in [0.25, 0.3) is 0 Å². The summed E-state index contributed by atoms with van der Waals surface area (Å²) in [6.07, 6.45) is 8.60. The highest BCUT2D eigenvalue weighted by Gasteiger charge is 2.36. The first kappa shape index (κ1) is 20.7. The van der Waals surface area contributed by atoms with Gasteiger partial charge in [-0.15, -0.1) is 0 Å². The Balaban J connectivity index is 0.000000433. The van der Waals surface area contributed by atoms with Crippen LogP contribution in [0.25, 0.3) is 0 Å². The van der Waals surface area contributed by atoms with Crippen molar-refractivity contribution in [1.29, 1.82) is 0 Å². The van der Waals surface area contributed by atoms with Gasteiger partial charge in [-0.05, 0) is 19.3 Å². The molecule has 21 heavy (non-hydrogen) atoms. The first-order valence-corrected chi connectivity index (χ1v) is 8.88. The Bertz CT molecular complexity index is 371. The van der Waals surface area contributed by atoms with Gasteiger partial charge in [0.1, 0.15) is 0 Å². The Morgan fingerprint density at radius 1 is 1.19 bits per heavy atom. The second-order valence-electron chi connectivity index (χ2n) is 5.50. The number of likely N-dealkylation sites (tertiary alicyclic amines) is 1. The van der Waals surface area contributed by atoms with Crippen molar-refractivity contribution in [2.45, 2.75) is 57.9 Å². The Labute approximate surface area is 125 Å². The van der Waals surface area contributed by atoms with Crippen LogP contribution < -0.4 is 4.90 Å². The number of hydrogen-bond donors (Lipinski definition) is 1. The van der Waals surface area contributed by atoms with Gasteiger partial charge in [0, 0.05) is 12.3 Å². The van der Waals surface area contributed by atoms with Crippen molar-refractivity contribution in [3.63, 3.8) is 0 Å². The third-order valence-electron chi connectivity index (χ3n) is 3.60. The van der Waals surface area contributed by atoms with Crippen molar-refractivity contribution in [3.8, 4) is 0 Å². The lowest BCUT2D eigenvalue weighted by Crippen LogP contribution is -3.10. The summed E-state index contributed by atoms with van der Waals surface area (Å²) in [6, 6.07) is 0. The maximum atomic E-state index is 10.7. The van der Waals surface area contributed by atoms with Gasteiger partial charge < -0.3 is 9.45 Å². The lowest BCUT2D eigenvalue weighted by molar-refractivity contribution is -0.889. The Morgan fingerprint density at radius 3 is 2.19 bits per heavy atom. The molecule has 1 saturated heterocycles. The van der Waals surface area contributed by atoms with Crippen LogP contribution in [0, 0.1) is 5.92 Å². The van der Waals surface area contributed by atoms with Crippen LogP contribution in [-0.4, -0.2) is 38.1 Å². The average Bonchev–Trinajstić information content (AvgIpc) is 2.76. The van der Waals surface area contributed by atoms with Gasteiger partial charge in [0.15, 0.2) is 10.1 Å². The SMILES string of the molecule is CCCCC[NH+]1CCC(CCC)C1.O=S(=O)([O-])C(F)(F)F. The van der Waals surface area contributed by atoms with Crippen LogP contribution in [0.2, 0.25) is 0 Å². The summed E-state index contributed by atoms with van der Waals surface area (Å²) >= 11 is 0. The quantitative estimate of drug-likeness (QED) is 0.459. The lowest BCUT2D eigenvalue weighted by Gasteiger charge is -2.12. The van der Waals surface area contributed by atoms with E-state index in [2.05, 4.69) is 13.8 Å². The van der Waals surface area contributed by atoms with E-state index in [-0.39, 0.29) is 0 Å². The van der Waals surface area contributed by atoms with E-state index in [1.807, 2.05) is 4.90 Å². The molecule has 2 unspecified atom stereocenters. The highest BCUT2D eigenvalue weighted by atomic mass is 32.2. The van der Waals surface area contributed by atoms with E-state index in [0.29, 0.717) is 0 Å². The molecule has 0 bridgehead atoms. The minimum absolute atomic E-state index is 1.06. The molecule has 8 heteroatoms. The van der Waals surface area contributed by atoms with E-state index in [9.17, 15) is 13.2 Å². The summed E-state index contributed by atoms with van der Waals surface area (Å²) in [6.45, 7) is 8.97. The summed E-state index contributed by atoms with van der Waals surface area (Å²) in [4.78, 5) is 1.88. The van der Waals surface area contributed by atoms with E-state index in [4.69, 9.17) is 13.0 Å². The Hall–Kier alpha value is -0.340. The lowest BCUT2D eigenvalue weighted by atomic mass is 10.0. The third-order valence-corrected chi connectivity index (χ3v) is 4.16. The second-order valence-corrected chi connectivity index (χ2v) is 6.88. The van der Waals surface area contributed by atoms with E-state index in [0.717, 1.165) is 5.92 Å². The van der Waals surface area contributed by atoms with Crippen molar-refractivity contribution in [3.05, 3.63) is 0 Å². The number of hydrogen-bond acceptors (Lipinski definition) is 3. The van der Waals surface area contributed by atoms with Crippen LogP contribution in [0.5, 0.6) is 0 Å². The molecule has 0 aliphatic carbocycles. The number of rotatable bonds is 6. The molecule has 128 valence electrons. The fraction of sp³-hybridized carbons (Fsp3) is 1.00. The molecule has 1 heterocycles. The molecule has 1 aliphatic heterocycles. The summed E-state index contributed by atoms with van der Waals surface area (Å²) in [5.41, 5.74) is -5.65. The van der Waals surface area contributed by atoms with Crippen LogP contribution in [0.3, 0.4) is 0 Å². The summed E-state index contributed by atoms with van der Waals surface area (Å²) in [7, 11) is -6.09. The standard InChI is InChI=1S/C12H25N.CHF3O3S/c1-3-5-6-9-13-10-8-12(11-13)7-4-2;2-1(3,4)8(5,6)7/h12H,3-11H2,1-2H3;(H,5,6,7). The fourth-order valence-electron chi connectivity index (χ4n) is 2.53. The molecule has 1 fully saturated rings. The Kier molecular flexibility index (Phi) is 9.48. The fourth-order valence-corrected chi connectivity index (χ4v) is 2.53. The first-order chi connectivity index (χ1) is 9.61. The first-order valence-electron chi connectivity index (χ1n) is 7.47. The minimum Gasteiger partial charge on any atom is -0.741 e. The monoisotopic (exact) mass is 333 g/mol. The molecule has 0 saturated carbocycles. The van der Waals surface area contributed by atoms with Gasteiger partial charge in [0.05, 0.1) is 19.6 Å². The molecule has 1 rings (SSSR count). The maximum absolute atomic E-state index is 10.7. The van der Waals surface area contributed by atoms with E-state index < -0.39 is 15.6 Å². The maximum Gasteiger partial charge on any atom is 0.485 e. The largest absolute Gasteiger partial charge is 0.741 e. The van der Waals surface area contributed by atoms with E-state index >= 15 is 0 Å². The molecular formula is C13H26F3NO3S. The van der Waals surface area contributed by atoms with Gasteiger partial charge in [-0.25, -0.2) is 8.42 Å². The van der Waals surface area contributed by atoms with Crippen molar-refractivity contribution in [2.75, 3.05) is 19.6 Å². The topological polar surface area (TPSA) is 61.6 Å². The molecule has 0 amide bonds. The van der Waals surface area contributed by atoms with Gasteiger partial charge in [-0.2, -0.15) is 13.2 Å². The second kappa shape index (κ2) is 9.63. The zero-order chi connectivity index (χ0) is 16.5. The molecule has 0 aromatic carbocycles. The van der Waals surface area contributed by atoms with E-state index in [1.165, 1.54) is 58.2 Å². The molecule has 0 spiro atoms. The number of halogens is 3. The van der Waals surface area contributed by atoms with Crippen LogP contribution in [-0.2, 0) is 10.1 Å². The molecule has 4 nitrogen and oxygen atoms in total. The van der Waals surface area contributed by atoms with Crippen molar-refractivity contribution in [2.24, 2.45) is 5.92 Å². The molecule has 0 aromatic heterocycles. The molecular weight excluding hydrogens is 307 g/mol. The Morgan fingerprint density at radius 2 is 1.76 bits per heavy atom. The highest BCUT2D eigenvalue weighted by Crippen LogP contribution is 2.20. The smallest absolute Gasteiger partial charge is 0.485 e. The molecule has 2 atom stereocenters. The predicted molar refractivity (Wildman–Crippen MR) is 73.9 cm³/mol. The summed E-state index contributed by atoms with van der Waals surface area (Å²) in [5, 5.41) is 0. The number of nitrogens with one attached hydrogen (secondary N) is 1. The van der Waals surface area contributed by atoms with Gasteiger partial charge in [0.2, 0.25) is 0 Å². The van der Waals surface area contributed by atoms with Crippen molar-refractivity contribution >= 4 is 10.1 Å².